The van der Waals surface area contributed by atoms with Crippen molar-refractivity contribution in [2.45, 2.75) is 31.8 Å². The molecule has 0 aromatic carbocycles. The first-order chi connectivity index (χ1) is 8.19. The van der Waals surface area contributed by atoms with Crippen molar-refractivity contribution in [3.8, 4) is 0 Å². The smallest absolute Gasteiger partial charge is 0.131 e. The predicted molar refractivity (Wildman–Crippen MR) is 69.4 cm³/mol. The first-order valence-electron chi connectivity index (χ1n) is 5.86. The molecule has 1 N–H and O–H groups in total. The Kier molecular flexibility index (Phi) is 4.62. The van der Waals surface area contributed by atoms with E-state index < -0.39 is 0 Å². The number of aromatic nitrogens is 1. The highest BCUT2D eigenvalue weighted by Crippen LogP contribution is 2.21. The Morgan fingerprint density at radius 1 is 1.29 bits per heavy atom. The Labute approximate surface area is 111 Å². The van der Waals surface area contributed by atoms with Gasteiger partial charge in [0.25, 0.3) is 0 Å². The maximum Gasteiger partial charge on any atom is 0.131 e. The van der Waals surface area contributed by atoms with E-state index in [2.05, 4.69) is 9.88 Å². The number of hydrogen-bond acceptors (Lipinski definition) is 3. The second-order valence-corrected chi connectivity index (χ2v) is 5.20. The molecule has 0 radical (unpaired) electrons. The molecule has 0 spiro atoms. The van der Waals surface area contributed by atoms with Gasteiger partial charge in [0.2, 0.25) is 0 Å². The van der Waals surface area contributed by atoms with Gasteiger partial charge in [0, 0.05) is 12.6 Å². The van der Waals surface area contributed by atoms with Gasteiger partial charge in [-0.3, -0.25) is 4.90 Å². The third-order valence-electron chi connectivity index (χ3n) is 3.17. The minimum absolute atomic E-state index is 0.215. The van der Waals surface area contributed by atoms with E-state index in [0.29, 0.717) is 10.3 Å². The molecular formula is C12H16Cl2N2O. The zero-order valence-electron chi connectivity index (χ0n) is 9.57. The summed E-state index contributed by atoms with van der Waals surface area (Å²) in [5.41, 5.74) is 1.05. The molecule has 1 aliphatic heterocycles. The molecule has 1 aromatic heterocycles. The van der Waals surface area contributed by atoms with Gasteiger partial charge in [-0.1, -0.05) is 29.6 Å². The first-order valence-corrected chi connectivity index (χ1v) is 6.61. The Balaban J connectivity index is 2.08. The molecule has 1 fully saturated rings. The molecule has 0 aliphatic carbocycles. The molecule has 17 heavy (non-hydrogen) atoms. The SMILES string of the molecule is OCC1CCCCN1Cc1cc(Cl)nc(Cl)c1. The highest BCUT2D eigenvalue weighted by atomic mass is 35.5. The van der Waals surface area contributed by atoms with Gasteiger partial charge in [0.05, 0.1) is 6.61 Å². The molecule has 2 rings (SSSR count). The molecule has 1 atom stereocenters. The average molecular weight is 275 g/mol. The molecule has 94 valence electrons. The number of aliphatic hydroxyl groups is 1. The zero-order valence-corrected chi connectivity index (χ0v) is 11.1. The van der Waals surface area contributed by atoms with Gasteiger partial charge in [-0.05, 0) is 37.1 Å². The van der Waals surface area contributed by atoms with Crippen LogP contribution >= 0.6 is 23.2 Å². The van der Waals surface area contributed by atoms with E-state index in [9.17, 15) is 5.11 Å². The van der Waals surface area contributed by atoms with Crippen LogP contribution in [0.1, 0.15) is 24.8 Å². The maximum atomic E-state index is 9.34. The number of likely N-dealkylation sites (tertiary alicyclic amines) is 1. The maximum absolute atomic E-state index is 9.34. The van der Waals surface area contributed by atoms with Crippen molar-refractivity contribution in [1.82, 2.24) is 9.88 Å². The van der Waals surface area contributed by atoms with Crippen molar-refractivity contribution in [1.29, 1.82) is 0 Å². The predicted octanol–water partition coefficient (Wildman–Crippen LogP) is 2.74. The largest absolute Gasteiger partial charge is 0.395 e. The van der Waals surface area contributed by atoms with Gasteiger partial charge in [-0.15, -0.1) is 0 Å². The van der Waals surface area contributed by atoms with Crippen LogP contribution in [0.5, 0.6) is 0 Å². The molecule has 0 saturated carbocycles. The molecular weight excluding hydrogens is 259 g/mol. The highest BCUT2D eigenvalue weighted by Gasteiger charge is 2.21. The monoisotopic (exact) mass is 274 g/mol. The fourth-order valence-corrected chi connectivity index (χ4v) is 2.82. The van der Waals surface area contributed by atoms with Crippen LogP contribution < -0.4 is 0 Å². The van der Waals surface area contributed by atoms with Gasteiger partial charge in [0.1, 0.15) is 10.3 Å². The van der Waals surface area contributed by atoms with Gasteiger partial charge >= 0.3 is 0 Å². The second kappa shape index (κ2) is 6.01. The number of piperidine rings is 1. The van der Waals surface area contributed by atoms with E-state index in [-0.39, 0.29) is 12.6 Å². The summed E-state index contributed by atoms with van der Waals surface area (Å²) in [6, 6.07) is 3.92. The normalized spacial score (nSPS) is 21.7. The summed E-state index contributed by atoms with van der Waals surface area (Å²) < 4.78 is 0. The topological polar surface area (TPSA) is 36.4 Å². The van der Waals surface area contributed by atoms with Crippen LogP contribution in [0.3, 0.4) is 0 Å². The summed E-state index contributed by atoms with van der Waals surface area (Å²) >= 11 is 11.7. The summed E-state index contributed by atoms with van der Waals surface area (Å²) in [5.74, 6) is 0. The molecule has 1 unspecified atom stereocenters. The summed E-state index contributed by atoms with van der Waals surface area (Å²) in [6.07, 6.45) is 3.44. The number of halogens is 2. The first kappa shape index (κ1) is 13.1. The summed E-state index contributed by atoms with van der Waals surface area (Å²) in [7, 11) is 0. The van der Waals surface area contributed by atoms with Crippen LogP contribution in [0.4, 0.5) is 0 Å². The van der Waals surface area contributed by atoms with Crippen molar-refractivity contribution >= 4 is 23.2 Å². The van der Waals surface area contributed by atoms with Crippen molar-refractivity contribution in [3.63, 3.8) is 0 Å². The fraction of sp³-hybridized carbons (Fsp3) is 0.583. The fourth-order valence-electron chi connectivity index (χ4n) is 2.31. The number of nitrogens with zero attached hydrogens (tertiary/aromatic N) is 2. The minimum Gasteiger partial charge on any atom is -0.395 e. The molecule has 1 saturated heterocycles. The lowest BCUT2D eigenvalue weighted by Crippen LogP contribution is -2.41. The Hall–Kier alpha value is -0.350. The van der Waals surface area contributed by atoms with Gasteiger partial charge in [-0.2, -0.15) is 0 Å². The van der Waals surface area contributed by atoms with E-state index in [0.717, 1.165) is 25.1 Å². The average Bonchev–Trinajstić information content (AvgIpc) is 2.28. The summed E-state index contributed by atoms with van der Waals surface area (Å²) in [6.45, 7) is 2.00. The Morgan fingerprint density at radius 3 is 2.65 bits per heavy atom. The molecule has 0 amide bonds. The number of rotatable bonds is 3. The minimum atomic E-state index is 0.215. The van der Waals surface area contributed by atoms with Crippen LogP contribution in [0.15, 0.2) is 12.1 Å². The number of aliphatic hydroxyl groups excluding tert-OH is 1. The summed E-state index contributed by atoms with van der Waals surface area (Å²) in [4.78, 5) is 6.21. The second-order valence-electron chi connectivity index (χ2n) is 4.42. The van der Waals surface area contributed by atoms with Crippen LogP contribution in [0.2, 0.25) is 10.3 Å². The van der Waals surface area contributed by atoms with Crippen LogP contribution in [0.25, 0.3) is 0 Å². The van der Waals surface area contributed by atoms with E-state index in [4.69, 9.17) is 23.2 Å². The molecule has 5 heteroatoms. The third-order valence-corrected chi connectivity index (χ3v) is 3.56. The third kappa shape index (κ3) is 3.55. The lowest BCUT2D eigenvalue weighted by atomic mass is 10.0. The van der Waals surface area contributed by atoms with E-state index in [1.165, 1.54) is 12.8 Å². The van der Waals surface area contributed by atoms with Crippen LogP contribution in [0, 0.1) is 0 Å². The lowest BCUT2D eigenvalue weighted by Gasteiger charge is -2.34. The van der Waals surface area contributed by atoms with Crippen molar-refractivity contribution in [2.24, 2.45) is 0 Å². The van der Waals surface area contributed by atoms with Crippen molar-refractivity contribution in [3.05, 3.63) is 28.0 Å². The Morgan fingerprint density at radius 2 is 2.00 bits per heavy atom. The standard InChI is InChI=1S/C12H16Cl2N2O/c13-11-5-9(6-12(14)15-11)7-16-4-2-1-3-10(16)8-17/h5-6,10,17H,1-4,7-8H2. The summed E-state index contributed by atoms with van der Waals surface area (Å²) in [5, 5.41) is 10.2. The van der Waals surface area contributed by atoms with Crippen molar-refractivity contribution < 1.29 is 5.11 Å². The van der Waals surface area contributed by atoms with E-state index in [1.807, 2.05) is 12.1 Å². The molecule has 1 aliphatic rings. The molecule has 2 heterocycles. The van der Waals surface area contributed by atoms with Gasteiger partial charge in [-0.25, -0.2) is 4.98 Å². The molecule has 1 aromatic rings. The quantitative estimate of drug-likeness (QED) is 0.862. The van der Waals surface area contributed by atoms with Gasteiger partial charge < -0.3 is 5.11 Å². The van der Waals surface area contributed by atoms with Crippen molar-refractivity contribution in [2.75, 3.05) is 13.2 Å². The van der Waals surface area contributed by atoms with Crippen LogP contribution in [-0.2, 0) is 6.54 Å². The highest BCUT2D eigenvalue weighted by molar-refractivity contribution is 6.32. The zero-order chi connectivity index (χ0) is 12.3. The van der Waals surface area contributed by atoms with E-state index >= 15 is 0 Å². The molecule has 3 nitrogen and oxygen atoms in total. The van der Waals surface area contributed by atoms with Gasteiger partial charge in [0.15, 0.2) is 0 Å². The lowest BCUT2D eigenvalue weighted by molar-refractivity contribution is 0.0841. The Bertz CT molecular complexity index is 367. The number of pyridine rings is 1. The van der Waals surface area contributed by atoms with E-state index in [1.54, 1.807) is 0 Å². The number of hydrogen-bond donors (Lipinski definition) is 1. The molecule has 0 bridgehead atoms. The van der Waals surface area contributed by atoms with Crippen LogP contribution in [-0.4, -0.2) is 34.2 Å².